The van der Waals surface area contributed by atoms with Crippen molar-refractivity contribution in [2.75, 3.05) is 13.7 Å². The maximum Gasteiger partial charge on any atom is 0.289 e. The van der Waals surface area contributed by atoms with E-state index < -0.39 is 11.8 Å². The number of hydrazine groups is 1. The summed E-state index contributed by atoms with van der Waals surface area (Å²) in [5.74, 6) is 0.0428. The van der Waals surface area contributed by atoms with Gasteiger partial charge in [-0.2, -0.15) is 0 Å². The molecule has 0 radical (unpaired) electrons. The molecular weight excluding hydrogens is 402 g/mol. The summed E-state index contributed by atoms with van der Waals surface area (Å²) in [5.41, 5.74) is 7.44. The largest absolute Gasteiger partial charge is 0.493 e. The van der Waals surface area contributed by atoms with Crippen molar-refractivity contribution in [2.45, 2.75) is 20.3 Å². The fourth-order valence-corrected chi connectivity index (χ4v) is 3.40. The number of nitrogens with one attached hydrogen (secondary N) is 2. The molecule has 0 atom stereocenters. The van der Waals surface area contributed by atoms with E-state index in [1.807, 2.05) is 38.1 Å². The first kappa shape index (κ1) is 21.3. The molecule has 7 nitrogen and oxygen atoms in total. The Morgan fingerprint density at radius 1 is 1.03 bits per heavy atom. The number of hydrogen-bond donors (Lipinski definition) is 2. The molecule has 30 heavy (non-hydrogen) atoms. The van der Waals surface area contributed by atoms with Gasteiger partial charge in [-0.15, -0.1) is 11.3 Å². The van der Waals surface area contributed by atoms with Crippen molar-refractivity contribution in [1.29, 1.82) is 0 Å². The van der Waals surface area contributed by atoms with Crippen LogP contribution in [-0.4, -0.2) is 30.5 Å². The molecule has 0 bridgehead atoms. The third kappa shape index (κ3) is 5.15. The van der Waals surface area contributed by atoms with E-state index in [4.69, 9.17) is 9.47 Å². The zero-order valence-electron chi connectivity index (χ0n) is 17.0. The number of carbonyl (C=O) groups is 2. The first-order valence-electron chi connectivity index (χ1n) is 9.46. The van der Waals surface area contributed by atoms with E-state index in [0.717, 1.165) is 22.6 Å². The summed E-state index contributed by atoms with van der Waals surface area (Å²) >= 11 is 1.37. The van der Waals surface area contributed by atoms with Crippen molar-refractivity contribution < 1.29 is 19.1 Å². The molecule has 1 heterocycles. The van der Waals surface area contributed by atoms with Gasteiger partial charge < -0.3 is 9.47 Å². The van der Waals surface area contributed by atoms with Crippen molar-refractivity contribution in [2.24, 2.45) is 0 Å². The lowest BCUT2D eigenvalue weighted by molar-refractivity contribution is 0.0844. The minimum absolute atomic E-state index is 0.233. The summed E-state index contributed by atoms with van der Waals surface area (Å²) in [7, 11) is 1.51. The summed E-state index contributed by atoms with van der Waals surface area (Å²) in [6, 6.07) is 12.7. The van der Waals surface area contributed by atoms with Crippen LogP contribution in [0.2, 0.25) is 0 Å². The van der Waals surface area contributed by atoms with E-state index in [0.29, 0.717) is 23.7 Å². The van der Waals surface area contributed by atoms with Crippen LogP contribution in [0.5, 0.6) is 11.5 Å². The third-order valence-electron chi connectivity index (χ3n) is 4.21. The molecule has 0 saturated heterocycles. The number of benzene rings is 2. The predicted octanol–water partition coefficient (Wildman–Crippen LogP) is 3.99. The molecule has 3 rings (SSSR count). The SMILES string of the molecule is CCCOc1ccc(C(=O)NNC(=O)c2csc(-c3ccc(C)cc3)n2)cc1OC. The molecule has 156 valence electrons. The Balaban J connectivity index is 1.62. The summed E-state index contributed by atoms with van der Waals surface area (Å²) in [4.78, 5) is 29.1. The minimum atomic E-state index is -0.493. The number of aromatic nitrogens is 1. The second-order valence-corrected chi connectivity index (χ2v) is 7.38. The van der Waals surface area contributed by atoms with Crippen LogP contribution in [-0.2, 0) is 0 Å². The number of ether oxygens (including phenoxy) is 2. The number of hydrogen-bond acceptors (Lipinski definition) is 6. The van der Waals surface area contributed by atoms with Crippen LogP contribution in [0.3, 0.4) is 0 Å². The number of methoxy groups -OCH3 is 1. The molecule has 0 aliphatic rings. The molecule has 0 aliphatic carbocycles. The quantitative estimate of drug-likeness (QED) is 0.559. The van der Waals surface area contributed by atoms with E-state index in [2.05, 4.69) is 15.8 Å². The Kier molecular flexibility index (Phi) is 7.03. The molecular formula is C22H23N3O4S. The van der Waals surface area contributed by atoms with Crippen LogP contribution < -0.4 is 20.3 Å². The molecule has 3 aromatic rings. The fourth-order valence-electron chi connectivity index (χ4n) is 2.60. The molecule has 0 aliphatic heterocycles. The van der Waals surface area contributed by atoms with E-state index in [-0.39, 0.29) is 5.69 Å². The highest BCUT2D eigenvalue weighted by Crippen LogP contribution is 2.28. The van der Waals surface area contributed by atoms with Crippen LogP contribution in [0.15, 0.2) is 47.8 Å². The number of rotatable bonds is 7. The van der Waals surface area contributed by atoms with Gasteiger partial charge in [-0.3, -0.25) is 20.4 Å². The second-order valence-electron chi connectivity index (χ2n) is 6.53. The van der Waals surface area contributed by atoms with Gasteiger partial charge in [-0.05, 0) is 31.5 Å². The summed E-state index contributed by atoms with van der Waals surface area (Å²) < 4.78 is 10.9. The van der Waals surface area contributed by atoms with Gasteiger partial charge in [0.05, 0.1) is 13.7 Å². The second kappa shape index (κ2) is 9.89. The minimum Gasteiger partial charge on any atom is -0.493 e. The topological polar surface area (TPSA) is 89.6 Å². The maximum atomic E-state index is 12.4. The van der Waals surface area contributed by atoms with Crippen molar-refractivity contribution >= 4 is 23.2 Å². The average molecular weight is 426 g/mol. The molecule has 0 fully saturated rings. The number of nitrogens with zero attached hydrogens (tertiary/aromatic N) is 1. The van der Waals surface area contributed by atoms with Gasteiger partial charge >= 0.3 is 0 Å². The van der Waals surface area contributed by atoms with Gasteiger partial charge in [0, 0.05) is 16.5 Å². The number of amides is 2. The van der Waals surface area contributed by atoms with Crippen molar-refractivity contribution in [3.8, 4) is 22.1 Å². The monoisotopic (exact) mass is 425 g/mol. The smallest absolute Gasteiger partial charge is 0.289 e. The van der Waals surface area contributed by atoms with Gasteiger partial charge in [0.25, 0.3) is 11.8 Å². The lowest BCUT2D eigenvalue weighted by Gasteiger charge is -2.12. The van der Waals surface area contributed by atoms with Crippen LogP contribution >= 0.6 is 11.3 Å². The van der Waals surface area contributed by atoms with Crippen LogP contribution in [0, 0.1) is 6.92 Å². The van der Waals surface area contributed by atoms with Gasteiger partial charge in [0.2, 0.25) is 0 Å². The summed E-state index contributed by atoms with van der Waals surface area (Å²) in [5, 5.41) is 2.39. The van der Waals surface area contributed by atoms with E-state index in [1.165, 1.54) is 18.4 Å². The summed E-state index contributed by atoms with van der Waals surface area (Å²) in [6.07, 6.45) is 0.861. The summed E-state index contributed by atoms with van der Waals surface area (Å²) in [6.45, 7) is 4.56. The Labute approximate surface area is 179 Å². The van der Waals surface area contributed by atoms with E-state index >= 15 is 0 Å². The molecule has 2 amide bonds. The number of aryl methyl sites for hydroxylation is 1. The number of thiazole rings is 1. The lowest BCUT2D eigenvalue weighted by Crippen LogP contribution is -2.41. The first-order valence-corrected chi connectivity index (χ1v) is 10.3. The predicted molar refractivity (Wildman–Crippen MR) is 116 cm³/mol. The normalized spacial score (nSPS) is 10.4. The van der Waals surface area contributed by atoms with E-state index in [9.17, 15) is 9.59 Å². The van der Waals surface area contributed by atoms with Crippen LogP contribution in [0.25, 0.3) is 10.6 Å². The maximum absolute atomic E-state index is 12.4. The molecule has 0 spiro atoms. The highest BCUT2D eigenvalue weighted by molar-refractivity contribution is 7.13. The molecule has 2 N–H and O–H groups in total. The Hall–Kier alpha value is -3.39. The molecule has 0 unspecified atom stereocenters. The standard InChI is InChI=1S/C22H23N3O4S/c1-4-11-29-18-10-9-16(12-19(18)28-3)20(26)24-25-21(27)17-13-30-22(23-17)15-7-5-14(2)6-8-15/h5-10,12-13H,4,11H2,1-3H3,(H,24,26)(H,25,27). The van der Waals surface area contributed by atoms with E-state index in [1.54, 1.807) is 23.6 Å². The van der Waals surface area contributed by atoms with Crippen LogP contribution in [0.1, 0.15) is 39.8 Å². The molecule has 2 aromatic carbocycles. The number of carbonyl (C=O) groups excluding carboxylic acids is 2. The third-order valence-corrected chi connectivity index (χ3v) is 5.10. The lowest BCUT2D eigenvalue weighted by atomic mass is 10.2. The Morgan fingerprint density at radius 3 is 2.47 bits per heavy atom. The molecule has 8 heteroatoms. The zero-order chi connectivity index (χ0) is 21.5. The van der Waals surface area contributed by atoms with Gasteiger partial charge in [0.15, 0.2) is 11.5 Å². The fraction of sp³-hybridized carbons (Fsp3) is 0.227. The van der Waals surface area contributed by atoms with Gasteiger partial charge in [-0.25, -0.2) is 4.98 Å². The van der Waals surface area contributed by atoms with Crippen molar-refractivity contribution in [3.63, 3.8) is 0 Å². The van der Waals surface area contributed by atoms with Crippen molar-refractivity contribution in [1.82, 2.24) is 15.8 Å². The first-order chi connectivity index (χ1) is 14.5. The Bertz CT molecular complexity index is 1030. The highest BCUT2D eigenvalue weighted by atomic mass is 32.1. The Morgan fingerprint density at radius 2 is 1.77 bits per heavy atom. The van der Waals surface area contributed by atoms with Gasteiger partial charge in [-0.1, -0.05) is 36.8 Å². The van der Waals surface area contributed by atoms with Crippen LogP contribution in [0.4, 0.5) is 0 Å². The average Bonchev–Trinajstić information content (AvgIpc) is 3.26. The molecule has 0 saturated carbocycles. The zero-order valence-corrected chi connectivity index (χ0v) is 17.8. The highest BCUT2D eigenvalue weighted by Gasteiger charge is 2.15. The van der Waals surface area contributed by atoms with Gasteiger partial charge in [0.1, 0.15) is 10.7 Å². The van der Waals surface area contributed by atoms with Crippen molar-refractivity contribution in [3.05, 3.63) is 64.7 Å². The molecule has 1 aromatic heterocycles.